The van der Waals surface area contributed by atoms with Crippen LogP contribution in [0.25, 0.3) is 0 Å². The van der Waals surface area contributed by atoms with Crippen LogP contribution in [-0.2, 0) is 6.54 Å². The number of guanidine groups is 1. The number of hydrogen-bond acceptors (Lipinski definition) is 4. The molecule has 0 unspecified atom stereocenters. The van der Waals surface area contributed by atoms with Crippen molar-refractivity contribution in [3.05, 3.63) is 52.5 Å². The number of hydrogen-bond donors (Lipinski definition) is 1. The molecular formula is C16H19BrFIN6. The fourth-order valence-electron chi connectivity index (χ4n) is 2.52. The minimum atomic E-state index is -0.279. The van der Waals surface area contributed by atoms with Crippen molar-refractivity contribution in [2.45, 2.75) is 6.54 Å². The number of benzene rings is 1. The lowest BCUT2D eigenvalue weighted by atomic mass is 10.2. The summed E-state index contributed by atoms with van der Waals surface area (Å²) in [6.45, 7) is 3.40. The summed E-state index contributed by atoms with van der Waals surface area (Å²) in [5, 5.41) is 0. The molecule has 1 aromatic heterocycles. The summed E-state index contributed by atoms with van der Waals surface area (Å²) < 4.78 is 14.1. The maximum atomic E-state index is 13.3. The van der Waals surface area contributed by atoms with Gasteiger partial charge < -0.3 is 15.5 Å². The highest BCUT2D eigenvalue weighted by Gasteiger charge is 2.19. The zero-order valence-corrected chi connectivity index (χ0v) is 17.4. The molecule has 1 fully saturated rings. The van der Waals surface area contributed by atoms with Gasteiger partial charge in [-0.1, -0.05) is 15.9 Å². The number of aliphatic imine (C=N–C) groups is 1. The van der Waals surface area contributed by atoms with E-state index in [9.17, 15) is 4.39 Å². The van der Waals surface area contributed by atoms with E-state index in [2.05, 4.69) is 35.8 Å². The Morgan fingerprint density at radius 2 is 1.88 bits per heavy atom. The first-order valence-corrected chi connectivity index (χ1v) is 8.43. The van der Waals surface area contributed by atoms with Gasteiger partial charge in [0.05, 0.1) is 6.54 Å². The van der Waals surface area contributed by atoms with Gasteiger partial charge in [0, 0.05) is 43.0 Å². The molecule has 0 bridgehead atoms. The van der Waals surface area contributed by atoms with E-state index in [-0.39, 0.29) is 29.8 Å². The van der Waals surface area contributed by atoms with Crippen LogP contribution in [0.3, 0.4) is 0 Å². The van der Waals surface area contributed by atoms with Crippen molar-refractivity contribution in [1.29, 1.82) is 0 Å². The van der Waals surface area contributed by atoms with Gasteiger partial charge in [-0.15, -0.1) is 24.0 Å². The second kappa shape index (κ2) is 9.27. The fourth-order valence-corrected chi connectivity index (χ4v) is 2.89. The summed E-state index contributed by atoms with van der Waals surface area (Å²) in [6.07, 6.45) is 3.47. The van der Waals surface area contributed by atoms with Gasteiger partial charge in [0.1, 0.15) is 5.82 Å². The van der Waals surface area contributed by atoms with Gasteiger partial charge in [0.25, 0.3) is 0 Å². The molecule has 1 aliphatic rings. The Kier molecular flexibility index (Phi) is 7.36. The summed E-state index contributed by atoms with van der Waals surface area (Å²) in [6, 6.07) is 6.35. The van der Waals surface area contributed by atoms with Gasteiger partial charge in [0.15, 0.2) is 5.96 Å². The Morgan fingerprint density at radius 3 is 2.56 bits per heavy atom. The minimum absolute atomic E-state index is 0. The third-order valence-electron chi connectivity index (χ3n) is 3.86. The fraction of sp³-hybridized carbons (Fsp3) is 0.312. The first-order chi connectivity index (χ1) is 11.6. The number of aromatic nitrogens is 2. The SMILES string of the molecule is I.NC(=NCc1cc(F)ccc1Br)N1CCN(c2ncccn2)CC1. The van der Waals surface area contributed by atoms with Crippen LogP contribution in [0.1, 0.15) is 5.56 Å². The normalized spacial score (nSPS) is 15.0. The van der Waals surface area contributed by atoms with Gasteiger partial charge in [-0.25, -0.2) is 19.4 Å². The van der Waals surface area contributed by atoms with Crippen molar-refractivity contribution in [1.82, 2.24) is 14.9 Å². The summed E-state index contributed by atoms with van der Waals surface area (Å²) in [5.41, 5.74) is 6.86. The van der Waals surface area contributed by atoms with Crippen LogP contribution in [0.5, 0.6) is 0 Å². The van der Waals surface area contributed by atoms with Crippen LogP contribution in [0.4, 0.5) is 10.3 Å². The second-order valence-electron chi connectivity index (χ2n) is 5.43. The van der Waals surface area contributed by atoms with Crippen molar-refractivity contribution >= 4 is 51.8 Å². The van der Waals surface area contributed by atoms with E-state index >= 15 is 0 Å². The van der Waals surface area contributed by atoms with Gasteiger partial charge in [0.2, 0.25) is 5.95 Å². The van der Waals surface area contributed by atoms with Crippen LogP contribution in [0.15, 0.2) is 46.1 Å². The molecule has 0 radical (unpaired) electrons. The van der Waals surface area contributed by atoms with Crippen LogP contribution >= 0.6 is 39.9 Å². The molecule has 0 spiro atoms. The monoisotopic (exact) mass is 520 g/mol. The third-order valence-corrected chi connectivity index (χ3v) is 4.63. The third kappa shape index (κ3) is 5.24. The largest absolute Gasteiger partial charge is 0.370 e. The molecule has 2 heterocycles. The molecule has 0 aliphatic carbocycles. The smallest absolute Gasteiger partial charge is 0.225 e. The second-order valence-corrected chi connectivity index (χ2v) is 6.29. The maximum Gasteiger partial charge on any atom is 0.225 e. The Hall–Kier alpha value is -1.49. The minimum Gasteiger partial charge on any atom is -0.370 e. The van der Waals surface area contributed by atoms with Crippen LogP contribution in [-0.4, -0.2) is 47.0 Å². The molecule has 2 N–H and O–H groups in total. The molecule has 25 heavy (non-hydrogen) atoms. The highest BCUT2D eigenvalue weighted by Crippen LogP contribution is 2.18. The summed E-state index contributed by atoms with van der Waals surface area (Å²) in [5.74, 6) is 0.926. The lowest BCUT2D eigenvalue weighted by Gasteiger charge is -2.35. The zero-order valence-electron chi connectivity index (χ0n) is 13.5. The summed E-state index contributed by atoms with van der Waals surface area (Å²) >= 11 is 3.40. The lowest BCUT2D eigenvalue weighted by Crippen LogP contribution is -2.51. The van der Waals surface area contributed by atoms with Crippen molar-refractivity contribution in [3.8, 4) is 0 Å². The molecule has 0 saturated carbocycles. The molecule has 0 atom stereocenters. The number of piperazine rings is 1. The van der Waals surface area contributed by atoms with Crippen LogP contribution in [0.2, 0.25) is 0 Å². The summed E-state index contributed by atoms with van der Waals surface area (Å²) in [4.78, 5) is 17.1. The van der Waals surface area contributed by atoms with Crippen molar-refractivity contribution < 1.29 is 4.39 Å². The van der Waals surface area contributed by atoms with E-state index in [1.165, 1.54) is 12.1 Å². The average Bonchev–Trinajstić information content (AvgIpc) is 2.63. The van der Waals surface area contributed by atoms with E-state index in [4.69, 9.17) is 5.73 Å². The maximum absolute atomic E-state index is 13.3. The van der Waals surface area contributed by atoms with Crippen molar-refractivity contribution in [3.63, 3.8) is 0 Å². The first-order valence-electron chi connectivity index (χ1n) is 7.64. The molecule has 3 rings (SSSR count). The molecule has 9 heteroatoms. The predicted octanol–water partition coefficient (Wildman–Crippen LogP) is 2.63. The Morgan fingerprint density at radius 1 is 1.20 bits per heavy atom. The molecule has 134 valence electrons. The molecule has 6 nitrogen and oxygen atoms in total. The Labute approximate surface area is 171 Å². The van der Waals surface area contributed by atoms with E-state index < -0.39 is 0 Å². The topological polar surface area (TPSA) is 70.6 Å². The molecule has 1 saturated heterocycles. The Balaban J connectivity index is 0.00000225. The first kappa shape index (κ1) is 19.8. The van der Waals surface area contributed by atoms with E-state index in [1.807, 2.05) is 4.90 Å². The molecule has 1 aromatic carbocycles. The lowest BCUT2D eigenvalue weighted by molar-refractivity contribution is 0.378. The predicted molar refractivity (Wildman–Crippen MR) is 111 cm³/mol. The average molecular weight is 521 g/mol. The molecule has 2 aromatic rings. The Bertz CT molecular complexity index is 722. The van der Waals surface area contributed by atoms with Crippen LogP contribution in [0, 0.1) is 5.82 Å². The highest BCUT2D eigenvalue weighted by atomic mass is 127. The number of rotatable bonds is 3. The number of anilines is 1. The van der Waals surface area contributed by atoms with Gasteiger partial charge in [-0.3, -0.25) is 0 Å². The van der Waals surface area contributed by atoms with Crippen molar-refractivity contribution in [2.24, 2.45) is 10.7 Å². The van der Waals surface area contributed by atoms with E-state index in [0.717, 1.165) is 42.2 Å². The number of halogens is 3. The molecule has 1 aliphatic heterocycles. The van der Waals surface area contributed by atoms with E-state index in [1.54, 1.807) is 24.5 Å². The summed E-state index contributed by atoms with van der Waals surface area (Å²) in [7, 11) is 0. The van der Waals surface area contributed by atoms with Crippen molar-refractivity contribution in [2.75, 3.05) is 31.1 Å². The van der Waals surface area contributed by atoms with Gasteiger partial charge in [-0.2, -0.15) is 0 Å². The zero-order chi connectivity index (χ0) is 16.9. The number of nitrogens with zero attached hydrogens (tertiary/aromatic N) is 5. The standard InChI is InChI=1S/C16H18BrFN6.HI/c17-14-3-2-13(18)10-12(14)11-22-15(19)23-6-8-24(9-7-23)16-20-4-1-5-21-16;/h1-5,10H,6-9,11H2,(H2,19,22);1H. The highest BCUT2D eigenvalue weighted by molar-refractivity contribution is 14.0. The molecular weight excluding hydrogens is 502 g/mol. The molecule has 0 amide bonds. The van der Waals surface area contributed by atoms with E-state index in [0.29, 0.717) is 12.5 Å². The quantitative estimate of drug-likeness (QED) is 0.383. The number of nitrogens with two attached hydrogens (primary N) is 1. The van der Waals surface area contributed by atoms with Crippen LogP contribution < -0.4 is 10.6 Å². The van der Waals surface area contributed by atoms with Gasteiger partial charge in [-0.05, 0) is 29.8 Å². The van der Waals surface area contributed by atoms with Gasteiger partial charge >= 0.3 is 0 Å².